The third-order valence-electron chi connectivity index (χ3n) is 8.10. The molecule has 6 rings (SSSR count). The van der Waals surface area contributed by atoms with Crippen LogP contribution in [0.5, 0.6) is 0 Å². The van der Waals surface area contributed by atoms with E-state index in [0.29, 0.717) is 29.8 Å². The van der Waals surface area contributed by atoms with E-state index in [-0.39, 0.29) is 42.8 Å². The molecule has 4 heterocycles. The predicted molar refractivity (Wildman–Crippen MR) is 142 cm³/mol. The number of hydrogen-bond acceptors (Lipinski definition) is 7. The van der Waals surface area contributed by atoms with E-state index in [4.69, 9.17) is 9.47 Å². The van der Waals surface area contributed by atoms with Gasteiger partial charge in [0, 0.05) is 11.5 Å². The highest BCUT2D eigenvalue weighted by Gasteiger charge is 2.61. The molecule has 0 bridgehead atoms. The Morgan fingerprint density at radius 1 is 1.12 bits per heavy atom. The Balaban J connectivity index is 1.18. The van der Waals surface area contributed by atoms with Crippen LogP contribution in [0.4, 0.5) is 4.39 Å². The third kappa shape index (κ3) is 4.97. The van der Waals surface area contributed by atoms with Crippen LogP contribution >= 0.6 is 0 Å². The molecule has 2 fully saturated rings. The van der Waals surface area contributed by atoms with Crippen molar-refractivity contribution in [2.75, 3.05) is 0 Å². The van der Waals surface area contributed by atoms with Crippen LogP contribution in [0.2, 0.25) is 0 Å². The van der Waals surface area contributed by atoms with Crippen LogP contribution in [-0.2, 0) is 33.9 Å². The Morgan fingerprint density at radius 3 is 2.73 bits per heavy atom. The molecular weight excluding hydrogens is 517 g/mol. The number of nitrogens with zero attached hydrogens (tertiary/aromatic N) is 5. The van der Waals surface area contributed by atoms with Crippen molar-refractivity contribution in [1.29, 1.82) is 0 Å². The standard InChI is InChI=1S/C29H30FN5O5/c1-18-22-11-10-20(9-6-12-29(2)25(40-29)24(22)39-27(18)37)13-34-16-21(31-32-34)15-33-17-23(30)26(36)35(28(33)38)14-19-7-4-3-5-8-19/h3-5,7-9,16-17,22,24-25H,1,6,10-15H2,2H3/b20-9+/t22-,24-,25-,29+/m0/s1. The van der Waals surface area contributed by atoms with Gasteiger partial charge in [0.15, 0.2) is 0 Å². The molecule has 0 unspecified atom stereocenters. The van der Waals surface area contributed by atoms with Crippen LogP contribution < -0.4 is 11.2 Å². The molecule has 0 amide bonds. The van der Waals surface area contributed by atoms with Gasteiger partial charge in [-0.15, -0.1) is 5.10 Å². The van der Waals surface area contributed by atoms with Crippen LogP contribution in [0.25, 0.3) is 0 Å². The normalized spacial score (nSPS) is 27.4. The zero-order valence-corrected chi connectivity index (χ0v) is 22.2. The summed E-state index contributed by atoms with van der Waals surface area (Å²) in [7, 11) is 0. The van der Waals surface area contributed by atoms with Crippen molar-refractivity contribution in [2.24, 2.45) is 5.92 Å². The van der Waals surface area contributed by atoms with Gasteiger partial charge in [0.2, 0.25) is 5.82 Å². The topological polar surface area (TPSA) is 114 Å². The molecule has 2 saturated heterocycles. The van der Waals surface area contributed by atoms with Crippen LogP contribution in [0.15, 0.2) is 76.1 Å². The summed E-state index contributed by atoms with van der Waals surface area (Å²) in [5.41, 5.74) is 0.889. The highest BCUT2D eigenvalue weighted by molar-refractivity contribution is 5.91. The van der Waals surface area contributed by atoms with Crippen molar-refractivity contribution in [3.05, 3.63) is 104 Å². The van der Waals surface area contributed by atoms with Gasteiger partial charge < -0.3 is 9.47 Å². The van der Waals surface area contributed by atoms with Gasteiger partial charge in [0.05, 0.1) is 37.6 Å². The Hall–Kier alpha value is -4.12. The smallest absolute Gasteiger partial charge is 0.334 e. The second kappa shape index (κ2) is 10.1. The maximum absolute atomic E-state index is 14.5. The molecule has 0 radical (unpaired) electrons. The zero-order chi connectivity index (χ0) is 28.0. The molecule has 0 spiro atoms. The second-order valence-corrected chi connectivity index (χ2v) is 11.0. The molecule has 3 aliphatic rings. The number of aromatic nitrogens is 5. The van der Waals surface area contributed by atoms with Crippen molar-refractivity contribution in [1.82, 2.24) is 24.1 Å². The average Bonchev–Trinajstić information content (AvgIpc) is 3.25. The number of carbonyl (C=O) groups is 1. The number of carbonyl (C=O) groups excluding carboxylic acids is 1. The zero-order valence-electron chi connectivity index (χ0n) is 22.2. The lowest BCUT2D eigenvalue weighted by Gasteiger charge is -2.20. The van der Waals surface area contributed by atoms with Crippen LogP contribution in [0.3, 0.4) is 0 Å². The maximum atomic E-state index is 14.5. The summed E-state index contributed by atoms with van der Waals surface area (Å²) in [5.74, 6) is -1.46. The van der Waals surface area contributed by atoms with Gasteiger partial charge in [0.25, 0.3) is 5.56 Å². The third-order valence-corrected chi connectivity index (χ3v) is 8.10. The summed E-state index contributed by atoms with van der Waals surface area (Å²) in [5, 5.41) is 8.40. The fraction of sp³-hybridized carbons (Fsp3) is 0.414. The molecule has 0 saturated carbocycles. The van der Waals surface area contributed by atoms with Gasteiger partial charge in [-0.1, -0.05) is 53.8 Å². The molecule has 11 heteroatoms. The van der Waals surface area contributed by atoms with Gasteiger partial charge in [0.1, 0.15) is 17.9 Å². The highest BCUT2D eigenvalue weighted by atomic mass is 19.1. The lowest BCUT2D eigenvalue weighted by atomic mass is 9.84. The minimum atomic E-state index is -1.01. The van der Waals surface area contributed by atoms with Gasteiger partial charge in [-0.05, 0) is 38.2 Å². The monoisotopic (exact) mass is 547 g/mol. The summed E-state index contributed by atoms with van der Waals surface area (Å²) < 4.78 is 29.8. The first kappa shape index (κ1) is 26.1. The minimum Gasteiger partial charge on any atom is -0.455 e. The summed E-state index contributed by atoms with van der Waals surface area (Å²) in [4.78, 5) is 37.6. The highest BCUT2D eigenvalue weighted by Crippen LogP contribution is 2.49. The van der Waals surface area contributed by atoms with E-state index in [1.165, 1.54) is 0 Å². The van der Waals surface area contributed by atoms with Gasteiger partial charge in [-0.2, -0.15) is 4.39 Å². The number of esters is 1. The first-order valence-electron chi connectivity index (χ1n) is 13.4. The lowest BCUT2D eigenvalue weighted by molar-refractivity contribution is -0.140. The van der Waals surface area contributed by atoms with E-state index in [1.807, 2.05) is 6.07 Å². The summed E-state index contributed by atoms with van der Waals surface area (Å²) in [6.45, 7) is 6.42. The molecule has 1 aromatic carbocycles. The molecule has 3 aromatic rings. The maximum Gasteiger partial charge on any atom is 0.334 e. The van der Waals surface area contributed by atoms with E-state index in [2.05, 4.69) is 29.9 Å². The number of ether oxygens (including phenoxy) is 2. The van der Waals surface area contributed by atoms with Crippen LogP contribution in [0.1, 0.15) is 43.9 Å². The number of rotatable bonds is 6. The quantitative estimate of drug-likeness (QED) is 0.202. The summed E-state index contributed by atoms with van der Waals surface area (Å²) >= 11 is 0. The number of hydrogen-bond donors (Lipinski definition) is 0. The molecule has 4 atom stereocenters. The Morgan fingerprint density at radius 2 is 1.93 bits per heavy atom. The summed E-state index contributed by atoms with van der Waals surface area (Å²) in [6, 6.07) is 8.94. The van der Waals surface area contributed by atoms with Crippen molar-refractivity contribution in [3.63, 3.8) is 0 Å². The fourth-order valence-electron chi connectivity index (χ4n) is 5.77. The van der Waals surface area contributed by atoms with Gasteiger partial charge in [-0.3, -0.25) is 13.9 Å². The molecule has 0 N–H and O–H groups in total. The Kier molecular flexibility index (Phi) is 6.61. The first-order chi connectivity index (χ1) is 19.2. The molecular formula is C29H30FN5O5. The predicted octanol–water partition coefficient (Wildman–Crippen LogP) is 2.59. The van der Waals surface area contributed by atoms with Gasteiger partial charge in [-0.25, -0.2) is 14.3 Å². The van der Waals surface area contributed by atoms with Crippen LogP contribution in [0, 0.1) is 11.7 Å². The van der Waals surface area contributed by atoms with E-state index in [9.17, 15) is 18.8 Å². The van der Waals surface area contributed by atoms with E-state index in [1.54, 1.807) is 35.1 Å². The first-order valence-corrected chi connectivity index (χ1v) is 13.4. The molecule has 2 aromatic heterocycles. The molecule has 208 valence electrons. The average molecular weight is 548 g/mol. The van der Waals surface area contributed by atoms with E-state index >= 15 is 0 Å². The van der Waals surface area contributed by atoms with Crippen LogP contribution in [-0.4, -0.2) is 47.9 Å². The number of halogens is 1. The molecule has 1 aliphatic carbocycles. The fourth-order valence-corrected chi connectivity index (χ4v) is 5.77. The minimum absolute atomic E-state index is 0.0349. The summed E-state index contributed by atoms with van der Waals surface area (Å²) in [6.07, 6.45) is 7.47. The SMILES string of the molecule is C=C1C(=O)O[C@H]2[C@H]1CC/C(Cn1cc(Cn3cc(F)c(=O)n(Cc4ccccc4)c3=O)nn1)=C\CC[C@@]1(C)O[C@@H]21. The van der Waals surface area contributed by atoms with Gasteiger partial charge >= 0.3 is 11.7 Å². The second-order valence-electron chi connectivity index (χ2n) is 11.0. The Labute approximate surface area is 229 Å². The van der Waals surface area contributed by atoms with E-state index < -0.39 is 17.1 Å². The van der Waals surface area contributed by atoms with E-state index in [0.717, 1.165) is 40.2 Å². The number of epoxide rings is 1. The van der Waals surface area contributed by atoms with Crippen molar-refractivity contribution < 1.29 is 18.7 Å². The number of fused-ring (bicyclic) bond motifs is 3. The number of benzene rings is 1. The molecule has 10 nitrogen and oxygen atoms in total. The lowest BCUT2D eigenvalue weighted by Crippen LogP contribution is -2.41. The Bertz CT molecular complexity index is 1620. The molecule has 40 heavy (non-hydrogen) atoms. The van der Waals surface area contributed by atoms with Crippen molar-refractivity contribution in [2.45, 2.75) is 70.1 Å². The largest absolute Gasteiger partial charge is 0.455 e. The number of allylic oxidation sites excluding steroid dienone is 2. The van der Waals surface area contributed by atoms with Crippen molar-refractivity contribution in [3.8, 4) is 0 Å². The van der Waals surface area contributed by atoms with Crippen molar-refractivity contribution >= 4 is 5.97 Å². The molecule has 2 aliphatic heterocycles.